The standard InChI is InChI=1S/C16H23N5O4/c1-16(14(23)24)6-9-20(10-16)15(25)18-11-4-3-8-21(13(11)22)12-5-7-17-19(12)2/h5,7,11H,3-4,6,8-10H2,1-2H3,(H,18,25)(H,23,24). The molecule has 0 aromatic carbocycles. The van der Waals surface area contributed by atoms with Crippen molar-refractivity contribution in [2.75, 3.05) is 24.5 Å². The number of aromatic nitrogens is 2. The average molecular weight is 349 g/mol. The van der Waals surface area contributed by atoms with E-state index >= 15 is 0 Å². The largest absolute Gasteiger partial charge is 0.481 e. The van der Waals surface area contributed by atoms with E-state index in [1.807, 2.05) is 0 Å². The molecule has 2 unspecified atom stereocenters. The number of aryl methyl sites for hydroxylation is 1. The zero-order valence-corrected chi connectivity index (χ0v) is 14.4. The molecule has 3 amide bonds. The molecule has 1 aromatic rings. The van der Waals surface area contributed by atoms with Crippen molar-refractivity contribution in [1.82, 2.24) is 20.0 Å². The Labute approximate surface area is 145 Å². The number of carboxylic acid groups (broad SMARTS) is 1. The third-order valence-corrected chi connectivity index (χ3v) is 5.08. The number of hydrogen-bond donors (Lipinski definition) is 2. The fraction of sp³-hybridized carbons (Fsp3) is 0.625. The SMILES string of the molecule is Cn1nccc1N1CCCC(NC(=O)N2CCC(C)(C(=O)O)C2)C1=O. The number of anilines is 1. The van der Waals surface area contributed by atoms with Gasteiger partial charge in [-0.25, -0.2) is 4.79 Å². The van der Waals surface area contributed by atoms with Crippen molar-refractivity contribution in [1.29, 1.82) is 0 Å². The van der Waals surface area contributed by atoms with Gasteiger partial charge in [-0.2, -0.15) is 5.10 Å². The second kappa shape index (κ2) is 6.38. The quantitative estimate of drug-likeness (QED) is 0.822. The highest BCUT2D eigenvalue weighted by atomic mass is 16.4. The Balaban J connectivity index is 1.65. The molecule has 2 atom stereocenters. The Morgan fingerprint density at radius 3 is 2.76 bits per heavy atom. The van der Waals surface area contributed by atoms with Gasteiger partial charge >= 0.3 is 12.0 Å². The van der Waals surface area contributed by atoms with E-state index in [0.717, 1.165) is 6.42 Å². The second-order valence-electron chi connectivity index (χ2n) is 6.98. The minimum absolute atomic E-state index is 0.153. The number of carboxylic acids is 1. The number of nitrogens with zero attached hydrogens (tertiary/aromatic N) is 4. The number of carbonyl (C=O) groups is 3. The van der Waals surface area contributed by atoms with E-state index in [2.05, 4.69) is 10.4 Å². The average Bonchev–Trinajstić information content (AvgIpc) is 3.16. The lowest BCUT2D eigenvalue weighted by Crippen LogP contribution is -2.55. The second-order valence-corrected chi connectivity index (χ2v) is 6.98. The van der Waals surface area contributed by atoms with Crippen LogP contribution in [-0.4, -0.2) is 63.4 Å². The van der Waals surface area contributed by atoms with E-state index < -0.39 is 17.4 Å². The highest BCUT2D eigenvalue weighted by molar-refractivity contribution is 5.99. The number of likely N-dealkylation sites (tertiary alicyclic amines) is 1. The Morgan fingerprint density at radius 1 is 1.40 bits per heavy atom. The van der Waals surface area contributed by atoms with Gasteiger partial charge in [-0.1, -0.05) is 0 Å². The first-order chi connectivity index (χ1) is 11.8. The molecule has 3 rings (SSSR count). The predicted octanol–water partition coefficient (Wildman–Crippen LogP) is 0.422. The normalized spacial score (nSPS) is 26.8. The topological polar surface area (TPSA) is 108 Å². The Morgan fingerprint density at radius 2 is 2.16 bits per heavy atom. The summed E-state index contributed by atoms with van der Waals surface area (Å²) >= 11 is 0. The molecule has 0 saturated carbocycles. The van der Waals surface area contributed by atoms with Gasteiger partial charge in [0.05, 0.1) is 11.6 Å². The van der Waals surface area contributed by atoms with Gasteiger partial charge < -0.3 is 15.3 Å². The molecule has 2 aliphatic heterocycles. The van der Waals surface area contributed by atoms with Crippen LogP contribution in [0.4, 0.5) is 10.6 Å². The molecule has 2 saturated heterocycles. The Kier molecular flexibility index (Phi) is 4.40. The van der Waals surface area contributed by atoms with Crippen LogP contribution in [0.25, 0.3) is 0 Å². The number of nitrogens with one attached hydrogen (secondary N) is 1. The van der Waals surface area contributed by atoms with Gasteiger partial charge in [-0.05, 0) is 26.2 Å². The third kappa shape index (κ3) is 3.18. The molecule has 0 spiro atoms. The lowest BCUT2D eigenvalue weighted by atomic mass is 9.90. The number of carbonyl (C=O) groups excluding carboxylic acids is 2. The maximum absolute atomic E-state index is 12.7. The summed E-state index contributed by atoms with van der Waals surface area (Å²) in [5.41, 5.74) is -0.922. The minimum atomic E-state index is -0.922. The van der Waals surface area contributed by atoms with Crippen LogP contribution < -0.4 is 10.2 Å². The van der Waals surface area contributed by atoms with E-state index in [1.165, 1.54) is 4.90 Å². The van der Waals surface area contributed by atoms with Crippen LogP contribution in [0.1, 0.15) is 26.2 Å². The third-order valence-electron chi connectivity index (χ3n) is 5.08. The lowest BCUT2D eigenvalue weighted by molar-refractivity contribution is -0.147. The minimum Gasteiger partial charge on any atom is -0.481 e. The number of amides is 3. The van der Waals surface area contributed by atoms with E-state index in [0.29, 0.717) is 31.7 Å². The maximum atomic E-state index is 12.7. The monoisotopic (exact) mass is 349 g/mol. The molecule has 9 nitrogen and oxygen atoms in total. The molecular formula is C16H23N5O4. The zero-order chi connectivity index (χ0) is 18.2. The summed E-state index contributed by atoms with van der Waals surface area (Å²) in [5.74, 6) is -0.370. The molecule has 2 fully saturated rings. The van der Waals surface area contributed by atoms with Crippen molar-refractivity contribution >= 4 is 23.7 Å². The molecule has 1 aromatic heterocycles. The number of rotatable bonds is 3. The van der Waals surface area contributed by atoms with Crippen LogP contribution in [0.3, 0.4) is 0 Å². The van der Waals surface area contributed by atoms with Crippen LogP contribution in [-0.2, 0) is 16.6 Å². The molecule has 2 N–H and O–H groups in total. The van der Waals surface area contributed by atoms with E-state index in [1.54, 1.807) is 35.8 Å². The molecule has 0 aliphatic carbocycles. The number of urea groups is 1. The number of aliphatic carboxylic acids is 1. The van der Waals surface area contributed by atoms with Crippen molar-refractivity contribution in [3.8, 4) is 0 Å². The summed E-state index contributed by atoms with van der Waals surface area (Å²) in [6, 6.07) is 0.781. The van der Waals surface area contributed by atoms with Gasteiger partial charge in [0.1, 0.15) is 11.9 Å². The summed E-state index contributed by atoms with van der Waals surface area (Å²) in [5, 5.41) is 16.1. The summed E-state index contributed by atoms with van der Waals surface area (Å²) in [7, 11) is 1.77. The fourth-order valence-electron chi connectivity index (χ4n) is 3.42. The van der Waals surface area contributed by atoms with Gasteiger partial charge in [-0.15, -0.1) is 0 Å². The summed E-state index contributed by atoms with van der Waals surface area (Å²) < 4.78 is 1.63. The van der Waals surface area contributed by atoms with Gasteiger partial charge in [0, 0.05) is 32.7 Å². The van der Waals surface area contributed by atoms with Crippen molar-refractivity contribution in [2.45, 2.75) is 32.2 Å². The van der Waals surface area contributed by atoms with E-state index in [9.17, 15) is 19.5 Å². The first-order valence-corrected chi connectivity index (χ1v) is 8.40. The molecular weight excluding hydrogens is 326 g/mol. The smallest absolute Gasteiger partial charge is 0.318 e. The van der Waals surface area contributed by atoms with Gasteiger partial charge in [-0.3, -0.25) is 19.2 Å². The Bertz CT molecular complexity index is 702. The van der Waals surface area contributed by atoms with Crippen LogP contribution in [0.15, 0.2) is 12.3 Å². The first-order valence-electron chi connectivity index (χ1n) is 8.40. The molecule has 0 bridgehead atoms. The highest BCUT2D eigenvalue weighted by Crippen LogP contribution is 2.30. The lowest BCUT2D eigenvalue weighted by Gasteiger charge is -2.33. The van der Waals surface area contributed by atoms with Crippen LogP contribution in [0.2, 0.25) is 0 Å². The fourth-order valence-corrected chi connectivity index (χ4v) is 3.42. The van der Waals surface area contributed by atoms with Crippen molar-refractivity contribution in [3.05, 3.63) is 12.3 Å². The van der Waals surface area contributed by atoms with Crippen LogP contribution in [0.5, 0.6) is 0 Å². The maximum Gasteiger partial charge on any atom is 0.318 e. The molecule has 9 heteroatoms. The van der Waals surface area contributed by atoms with Crippen molar-refractivity contribution < 1.29 is 19.5 Å². The van der Waals surface area contributed by atoms with Crippen LogP contribution in [0, 0.1) is 5.41 Å². The van der Waals surface area contributed by atoms with E-state index in [-0.39, 0.29) is 18.5 Å². The molecule has 0 radical (unpaired) electrons. The Hall–Kier alpha value is -2.58. The van der Waals surface area contributed by atoms with Gasteiger partial charge in [0.25, 0.3) is 5.91 Å². The van der Waals surface area contributed by atoms with E-state index in [4.69, 9.17) is 0 Å². The molecule has 25 heavy (non-hydrogen) atoms. The molecule has 136 valence electrons. The molecule has 3 heterocycles. The zero-order valence-electron chi connectivity index (χ0n) is 14.4. The van der Waals surface area contributed by atoms with Crippen molar-refractivity contribution in [2.24, 2.45) is 12.5 Å². The number of hydrogen-bond acceptors (Lipinski definition) is 4. The summed E-state index contributed by atoms with van der Waals surface area (Å²) in [4.78, 5) is 39.6. The molecule has 2 aliphatic rings. The predicted molar refractivity (Wildman–Crippen MR) is 89.0 cm³/mol. The highest BCUT2D eigenvalue weighted by Gasteiger charge is 2.43. The van der Waals surface area contributed by atoms with Gasteiger partial charge in [0.15, 0.2) is 0 Å². The van der Waals surface area contributed by atoms with Crippen LogP contribution >= 0.6 is 0 Å². The number of piperidine rings is 1. The summed E-state index contributed by atoms with van der Waals surface area (Å²) in [6.07, 6.45) is 3.38. The summed E-state index contributed by atoms with van der Waals surface area (Å²) in [6.45, 7) is 2.76. The first kappa shape index (κ1) is 17.2. The van der Waals surface area contributed by atoms with Crippen molar-refractivity contribution in [3.63, 3.8) is 0 Å². The van der Waals surface area contributed by atoms with Gasteiger partial charge in [0.2, 0.25) is 0 Å².